The van der Waals surface area contributed by atoms with Gasteiger partial charge in [-0.25, -0.2) is 0 Å². The summed E-state index contributed by atoms with van der Waals surface area (Å²) in [5.74, 6) is -2.11. The molecule has 1 saturated heterocycles. The topological polar surface area (TPSA) is 126 Å². The van der Waals surface area contributed by atoms with Crippen LogP contribution in [0.2, 0.25) is 0 Å². The van der Waals surface area contributed by atoms with E-state index in [4.69, 9.17) is 23.7 Å². The van der Waals surface area contributed by atoms with Gasteiger partial charge in [-0.3, -0.25) is 19.2 Å². The third-order valence-corrected chi connectivity index (χ3v) is 3.67. The molecule has 1 amide bonds. The minimum Gasteiger partial charge on any atom is -0.463 e. The third-order valence-electron chi connectivity index (χ3n) is 3.67. The zero-order chi connectivity index (χ0) is 21.4. The second-order valence-corrected chi connectivity index (χ2v) is 6.95. The van der Waals surface area contributed by atoms with E-state index in [1.54, 1.807) is 0 Å². The van der Waals surface area contributed by atoms with E-state index in [1.807, 2.05) is 13.8 Å². The van der Waals surface area contributed by atoms with E-state index in [2.05, 4.69) is 5.32 Å². The number of ether oxygens (including phenoxy) is 5. The maximum absolute atomic E-state index is 11.7. The van der Waals surface area contributed by atoms with Crippen molar-refractivity contribution >= 4 is 23.8 Å². The van der Waals surface area contributed by atoms with Gasteiger partial charge in [0.15, 0.2) is 18.5 Å². The number of nitrogens with one attached hydrogen (secondary N) is 1. The van der Waals surface area contributed by atoms with Crippen LogP contribution < -0.4 is 5.32 Å². The fraction of sp³-hybridized carbons (Fsp3) is 0.778. The first kappa shape index (κ1) is 23.8. The molecule has 1 aliphatic heterocycles. The molecule has 1 rings (SSSR count). The average Bonchev–Trinajstić information content (AvgIpc) is 2.54. The zero-order valence-electron chi connectivity index (χ0n) is 17.1. The van der Waals surface area contributed by atoms with Crippen LogP contribution in [0.15, 0.2) is 0 Å². The fourth-order valence-corrected chi connectivity index (χ4v) is 2.72. The lowest BCUT2D eigenvalue weighted by atomic mass is 9.96. The Hall–Kier alpha value is -2.20. The molecule has 0 radical (unpaired) electrons. The van der Waals surface area contributed by atoms with Crippen molar-refractivity contribution in [3.05, 3.63) is 0 Å². The molecule has 10 heteroatoms. The summed E-state index contributed by atoms with van der Waals surface area (Å²) in [7, 11) is 0. The highest BCUT2D eigenvalue weighted by Gasteiger charge is 2.51. The highest BCUT2D eigenvalue weighted by molar-refractivity contribution is 5.73. The molecule has 0 aromatic rings. The molecule has 0 bridgehead atoms. The molecule has 1 aliphatic rings. The number of hydrogen-bond acceptors (Lipinski definition) is 9. The first-order valence-electron chi connectivity index (χ1n) is 9.03. The van der Waals surface area contributed by atoms with Gasteiger partial charge in [0.1, 0.15) is 18.8 Å². The van der Waals surface area contributed by atoms with Gasteiger partial charge in [-0.1, -0.05) is 13.8 Å². The molecule has 1 N–H and O–H groups in total. The molecule has 0 aliphatic carbocycles. The molecular weight excluding hydrogens is 374 g/mol. The smallest absolute Gasteiger partial charge is 0.303 e. The van der Waals surface area contributed by atoms with Gasteiger partial charge in [-0.15, -0.1) is 0 Å². The van der Waals surface area contributed by atoms with Crippen LogP contribution in [0.3, 0.4) is 0 Å². The van der Waals surface area contributed by atoms with Crippen molar-refractivity contribution in [2.45, 2.75) is 72.2 Å². The highest BCUT2D eigenvalue weighted by Crippen LogP contribution is 2.28. The van der Waals surface area contributed by atoms with Crippen molar-refractivity contribution in [3.63, 3.8) is 0 Å². The quantitative estimate of drug-likeness (QED) is 0.450. The van der Waals surface area contributed by atoms with Gasteiger partial charge in [0.25, 0.3) is 0 Å². The monoisotopic (exact) mass is 403 g/mol. The van der Waals surface area contributed by atoms with E-state index in [0.717, 1.165) is 0 Å². The standard InChI is InChI=1S/C18H29NO9/c1-9(2)7-25-18-15(19-10(3)20)17(27-13(6)23)16(26-12(5)22)14(28-18)8-24-11(4)21/h9,14-18H,7-8H2,1-6H3,(H,19,20)/t14-,15+,16+,17-,18+/m0/s1. The second kappa shape index (κ2) is 11.0. The minimum atomic E-state index is -1.11. The van der Waals surface area contributed by atoms with Gasteiger partial charge in [-0.2, -0.15) is 0 Å². The van der Waals surface area contributed by atoms with Crippen LogP contribution in [0.1, 0.15) is 41.5 Å². The number of hydrogen-bond donors (Lipinski definition) is 1. The number of esters is 3. The van der Waals surface area contributed by atoms with Gasteiger partial charge < -0.3 is 29.0 Å². The molecule has 0 spiro atoms. The Morgan fingerprint density at radius 1 is 0.929 bits per heavy atom. The van der Waals surface area contributed by atoms with E-state index in [1.165, 1.54) is 27.7 Å². The maximum atomic E-state index is 11.7. The summed E-state index contributed by atoms with van der Waals surface area (Å²) >= 11 is 0. The second-order valence-electron chi connectivity index (χ2n) is 6.95. The molecule has 28 heavy (non-hydrogen) atoms. The van der Waals surface area contributed by atoms with Crippen molar-refractivity contribution in [2.75, 3.05) is 13.2 Å². The largest absolute Gasteiger partial charge is 0.463 e. The van der Waals surface area contributed by atoms with Crippen LogP contribution in [0.4, 0.5) is 0 Å². The normalized spacial score (nSPS) is 27.0. The Kier molecular flexibility index (Phi) is 9.33. The Morgan fingerprint density at radius 3 is 1.96 bits per heavy atom. The maximum Gasteiger partial charge on any atom is 0.303 e. The van der Waals surface area contributed by atoms with Crippen molar-refractivity contribution < 1.29 is 42.9 Å². The first-order chi connectivity index (χ1) is 13.0. The number of carbonyl (C=O) groups excluding carboxylic acids is 4. The van der Waals surface area contributed by atoms with Crippen LogP contribution in [0.5, 0.6) is 0 Å². The third kappa shape index (κ3) is 7.81. The minimum absolute atomic E-state index is 0.159. The molecule has 0 unspecified atom stereocenters. The lowest BCUT2D eigenvalue weighted by molar-refractivity contribution is -0.279. The van der Waals surface area contributed by atoms with Crippen LogP contribution in [0.25, 0.3) is 0 Å². The number of carbonyl (C=O) groups is 4. The van der Waals surface area contributed by atoms with Gasteiger partial charge in [0.05, 0.1) is 6.61 Å². The first-order valence-corrected chi connectivity index (χ1v) is 9.03. The highest BCUT2D eigenvalue weighted by atomic mass is 16.7. The SMILES string of the molecule is CC(=O)N[C@H]1[C@H](OCC(C)C)O[C@@H](COC(C)=O)[C@@H](OC(C)=O)[C@H]1OC(C)=O. The zero-order valence-corrected chi connectivity index (χ0v) is 17.1. The van der Waals surface area contributed by atoms with Crippen molar-refractivity contribution in [1.82, 2.24) is 5.32 Å². The van der Waals surface area contributed by atoms with E-state index in [-0.39, 0.29) is 12.5 Å². The summed E-state index contributed by atoms with van der Waals surface area (Å²) in [6, 6.07) is -0.932. The summed E-state index contributed by atoms with van der Waals surface area (Å²) in [6.45, 7) is 8.79. The molecule has 1 fully saturated rings. The van der Waals surface area contributed by atoms with Gasteiger partial charge >= 0.3 is 17.9 Å². The molecular formula is C18H29NO9. The van der Waals surface area contributed by atoms with Gasteiger partial charge in [0, 0.05) is 27.7 Å². The Morgan fingerprint density at radius 2 is 1.50 bits per heavy atom. The van der Waals surface area contributed by atoms with E-state index >= 15 is 0 Å². The predicted molar refractivity (Wildman–Crippen MR) is 94.8 cm³/mol. The molecule has 160 valence electrons. The van der Waals surface area contributed by atoms with Crippen molar-refractivity contribution in [2.24, 2.45) is 5.92 Å². The number of rotatable bonds is 8. The lowest BCUT2D eigenvalue weighted by Crippen LogP contribution is -2.66. The van der Waals surface area contributed by atoms with Gasteiger partial charge in [-0.05, 0) is 5.92 Å². The van der Waals surface area contributed by atoms with Crippen LogP contribution >= 0.6 is 0 Å². The molecule has 0 saturated carbocycles. The Bertz CT molecular complexity index is 577. The number of amides is 1. The fourth-order valence-electron chi connectivity index (χ4n) is 2.72. The Labute approximate surface area is 164 Å². The summed E-state index contributed by atoms with van der Waals surface area (Å²) in [5, 5.41) is 2.63. The van der Waals surface area contributed by atoms with Crippen molar-refractivity contribution in [3.8, 4) is 0 Å². The van der Waals surface area contributed by atoms with Gasteiger partial charge in [0.2, 0.25) is 5.91 Å². The summed E-state index contributed by atoms with van der Waals surface area (Å²) in [4.78, 5) is 46.2. The van der Waals surface area contributed by atoms with Crippen molar-refractivity contribution in [1.29, 1.82) is 0 Å². The molecule has 10 nitrogen and oxygen atoms in total. The average molecular weight is 403 g/mol. The molecule has 5 atom stereocenters. The molecule has 0 aromatic heterocycles. The summed E-state index contributed by atoms with van der Waals surface area (Å²) in [5.41, 5.74) is 0. The lowest BCUT2D eigenvalue weighted by Gasteiger charge is -2.45. The predicted octanol–water partition coefficient (Wildman–Crippen LogP) is 0.315. The van der Waals surface area contributed by atoms with Crippen LogP contribution in [-0.4, -0.2) is 67.7 Å². The Balaban J connectivity index is 3.24. The molecule has 1 heterocycles. The van der Waals surface area contributed by atoms with E-state index in [9.17, 15) is 19.2 Å². The molecule has 0 aromatic carbocycles. The van der Waals surface area contributed by atoms with Crippen LogP contribution in [-0.2, 0) is 42.9 Å². The summed E-state index contributed by atoms with van der Waals surface area (Å²) in [6.07, 6.45) is -4.18. The summed E-state index contributed by atoms with van der Waals surface area (Å²) < 4.78 is 27.2. The van der Waals surface area contributed by atoms with E-state index in [0.29, 0.717) is 6.61 Å². The van der Waals surface area contributed by atoms with E-state index < -0.39 is 54.5 Å². The van der Waals surface area contributed by atoms with Crippen LogP contribution in [0, 0.1) is 5.92 Å².